The van der Waals surface area contributed by atoms with E-state index in [1.165, 1.54) is 0 Å². The van der Waals surface area contributed by atoms with Crippen molar-refractivity contribution >= 4 is 24.9 Å². The van der Waals surface area contributed by atoms with E-state index in [-0.39, 0.29) is 45.6 Å². The number of nitrogens with zero attached hydrogens (tertiary/aromatic N) is 4. The van der Waals surface area contributed by atoms with Gasteiger partial charge in [0, 0.05) is 47.1 Å². The molecule has 290 valence electrons. The molecule has 3 rings (SSSR count). The van der Waals surface area contributed by atoms with Crippen molar-refractivity contribution < 1.29 is 160 Å². The number of fused-ring (bicyclic) bond motifs is 4. The molecule has 1 heterocycles. The predicted molar refractivity (Wildman–Crippen MR) is 116 cm³/mol. The van der Waals surface area contributed by atoms with Crippen molar-refractivity contribution in [2.24, 2.45) is 20.0 Å². The van der Waals surface area contributed by atoms with Crippen molar-refractivity contribution in [2.45, 2.75) is 13.8 Å². The molecule has 0 fully saturated rings. The van der Waals surface area contributed by atoms with E-state index in [4.69, 9.17) is 74.5 Å². The smallest absolute Gasteiger partial charge is 0.507 e. The number of phenols is 2. The van der Waals surface area contributed by atoms with Crippen molar-refractivity contribution in [1.29, 1.82) is 0 Å². The van der Waals surface area contributed by atoms with E-state index in [2.05, 4.69) is 20.0 Å². The van der Waals surface area contributed by atoms with Crippen LogP contribution in [0.4, 0.5) is 0 Å². The topological polar surface area (TPSA) is 459 Å². The largest absolute Gasteiger partial charge is 2.00 e. The van der Waals surface area contributed by atoms with Crippen LogP contribution in [0.25, 0.3) is 0 Å². The number of hydrogen-bond acceptors (Lipinski definition) is 22. The zero-order valence-electron chi connectivity index (χ0n) is 24.8. The summed E-state index contributed by atoms with van der Waals surface area (Å²) in [5.41, 5.74) is 4.68. The average molecular weight is 901 g/mol. The summed E-state index contributed by atoms with van der Waals surface area (Å²) >= 11 is 0. The molecule has 50 heavy (non-hydrogen) atoms. The molecule has 0 aromatic heterocycles. The zero-order valence-corrected chi connectivity index (χ0v) is 29.7. The quantitative estimate of drug-likeness (QED) is 0.232. The van der Waals surface area contributed by atoms with Gasteiger partial charge in [0.15, 0.2) is 0 Å². The molecule has 1 aliphatic heterocycles. The summed E-state index contributed by atoms with van der Waals surface area (Å²) in [6, 6.07) is 7.53. The molecule has 2 N–H and O–H groups in total. The van der Waals surface area contributed by atoms with Gasteiger partial charge in [-0.05, 0) is 49.2 Å². The van der Waals surface area contributed by atoms with Gasteiger partial charge in [-0.1, -0.05) is 0 Å². The van der Waals surface area contributed by atoms with E-state index in [0.29, 0.717) is 48.4 Å². The predicted octanol–water partition coefficient (Wildman–Crippen LogP) is -15.9. The van der Waals surface area contributed by atoms with Crippen LogP contribution in [0.1, 0.15) is 33.4 Å². The first-order valence-corrected chi connectivity index (χ1v) is 16.6. The van der Waals surface area contributed by atoms with Crippen molar-refractivity contribution in [1.82, 2.24) is 0 Å². The molecule has 0 aliphatic carbocycles. The fourth-order valence-corrected chi connectivity index (χ4v) is 2.95. The standard InChI is InChI=1S/C22H24N4O2.4ClHO4.2Cu/c1-15-7-17-11-23-3-5-25-13-19-9-16(2)10-20(22(19)28)14-26-6-4-24-12-18(8-15)21(17)27;4*2-1(3,4)5;;/h7-14,27-28H,3-6H2,1-2H3;4*(H,2,3,4,5);;/q;;;;;2*+2/p-4. The Morgan fingerprint density at radius 3 is 0.680 bits per heavy atom. The molecule has 2 radical (unpaired) electrons. The Kier molecular flexibility index (Phi) is 28.7. The first kappa shape index (κ1) is 55.0. The van der Waals surface area contributed by atoms with Crippen molar-refractivity contribution in [3.8, 4) is 11.5 Å². The van der Waals surface area contributed by atoms with Gasteiger partial charge in [0.1, 0.15) is 11.5 Å². The Labute approximate surface area is 312 Å². The van der Waals surface area contributed by atoms with Crippen LogP contribution in [-0.2, 0) is 34.1 Å². The molecular weight excluding hydrogens is 877 g/mol. The third-order valence-corrected chi connectivity index (χ3v) is 4.26. The Balaban J connectivity index is -0.000000395. The molecular formula is C22H24Cl4Cu2N4O18. The Bertz CT molecular complexity index is 1160. The van der Waals surface area contributed by atoms with Crippen LogP contribution < -0.4 is 74.5 Å². The van der Waals surface area contributed by atoms with Gasteiger partial charge in [-0.2, -0.15) is 0 Å². The van der Waals surface area contributed by atoms with E-state index in [0.717, 1.165) is 11.1 Å². The fraction of sp³-hybridized carbons (Fsp3) is 0.273. The molecule has 22 nitrogen and oxygen atoms in total. The molecule has 28 heteroatoms. The van der Waals surface area contributed by atoms with E-state index >= 15 is 0 Å². The molecule has 4 bridgehead atoms. The SMILES string of the molecule is Cc1cc2c(O)c(c1)C=NCCN=Cc1cc(C)cc(c1O)C=NCCN=C2.[Cu+2].[Cu+2].[O-][Cl+3]([O-])([O-])[O-].[O-][Cl+3]([O-])([O-])[O-].[O-][Cl+3]([O-])([O-])[O-].[O-][Cl+3]([O-])([O-])[O-]. The summed E-state index contributed by atoms with van der Waals surface area (Å²) in [6.45, 7) is 5.86. The van der Waals surface area contributed by atoms with E-state index < -0.39 is 41.0 Å². The fourth-order valence-electron chi connectivity index (χ4n) is 2.95. The molecule has 0 unspecified atom stereocenters. The zero-order chi connectivity index (χ0) is 37.9. The van der Waals surface area contributed by atoms with Crippen LogP contribution in [0.5, 0.6) is 11.5 Å². The second kappa shape index (κ2) is 26.1. The van der Waals surface area contributed by atoms with Gasteiger partial charge in [0.25, 0.3) is 0 Å². The number of rotatable bonds is 0. The van der Waals surface area contributed by atoms with Gasteiger partial charge in [-0.25, -0.2) is 74.5 Å². The molecule has 0 spiro atoms. The number of aliphatic imine (C=N–C) groups is 4. The first-order chi connectivity index (χ1) is 21.5. The molecule has 0 amide bonds. The maximum absolute atomic E-state index is 10.4. The Hall–Kier alpha value is -1.72. The van der Waals surface area contributed by atoms with Crippen molar-refractivity contribution in [3.63, 3.8) is 0 Å². The third kappa shape index (κ3) is 40.7. The average Bonchev–Trinajstić information content (AvgIpc) is 2.83. The van der Waals surface area contributed by atoms with Crippen LogP contribution in [0.3, 0.4) is 0 Å². The molecule has 0 saturated carbocycles. The van der Waals surface area contributed by atoms with Gasteiger partial charge in [0.2, 0.25) is 0 Å². The van der Waals surface area contributed by atoms with Crippen LogP contribution in [0, 0.1) is 54.8 Å². The number of aryl methyl sites for hydroxylation is 2. The molecule has 0 atom stereocenters. The van der Waals surface area contributed by atoms with E-state index in [1.54, 1.807) is 24.9 Å². The first-order valence-electron chi connectivity index (χ1n) is 11.7. The van der Waals surface area contributed by atoms with Gasteiger partial charge < -0.3 is 10.2 Å². The summed E-state index contributed by atoms with van der Waals surface area (Å²) in [5.74, 6) is 0.336. The number of benzene rings is 2. The second-order valence-electron chi connectivity index (χ2n) is 8.24. The number of aromatic hydroxyl groups is 2. The van der Waals surface area contributed by atoms with Gasteiger partial charge in [0.05, 0.1) is 26.2 Å². The maximum Gasteiger partial charge on any atom is 2.00 e. The number of halogens is 4. The van der Waals surface area contributed by atoms with Gasteiger partial charge in [-0.3, -0.25) is 20.0 Å². The summed E-state index contributed by atoms with van der Waals surface area (Å²) in [4.78, 5) is 17.4. The van der Waals surface area contributed by atoms with E-state index in [1.807, 2.05) is 38.1 Å². The number of phenolic OH excluding ortho intramolecular Hbond substituents is 2. The third-order valence-electron chi connectivity index (χ3n) is 4.26. The Morgan fingerprint density at radius 1 is 0.400 bits per heavy atom. The summed E-state index contributed by atoms with van der Waals surface area (Å²) < 4.78 is 136. The van der Waals surface area contributed by atoms with Gasteiger partial charge in [-0.15, -0.1) is 41.0 Å². The van der Waals surface area contributed by atoms with Gasteiger partial charge >= 0.3 is 34.1 Å². The maximum atomic E-state index is 10.4. The minimum Gasteiger partial charge on any atom is -0.507 e. The summed E-state index contributed by atoms with van der Waals surface area (Å²) in [7, 11) is -19.8. The number of hydrogen-bond donors (Lipinski definition) is 2. The Morgan fingerprint density at radius 2 is 0.540 bits per heavy atom. The van der Waals surface area contributed by atoms with Crippen LogP contribution in [-0.4, -0.2) is 61.3 Å². The second-order valence-corrected chi connectivity index (χ2v) is 11.3. The van der Waals surface area contributed by atoms with Crippen LogP contribution in [0.2, 0.25) is 0 Å². The molecule has 2 aromatic carbocycles. The molecule has 0 saturated heterocycles. The monoisotopic (exact) mass is 898 g/mol. The van der Waals surface area contributed by atoms with E-state index in [9.17, 15) is 10.2 Å². The summed E-state index contributed by atoms with van der Waals surface area (Å²) in [5, 5.41) is 20.9. The van der Waals surface area contributed by atoms with Crippen LogP contribution >= 0.6 is 0 Å². The molecule has 1 aliphatic rings. The normalized spacial score (nSPS) is 13.0. The van der Waals surface area contributed by atoms with Crippen molar-refractivity contribution in [2.75, 3.05) is 26.2 Å². The summed E-state index contributed by atoms with van der Waals surface area (Å²) in [6.07, 6.45) is 6.63. The van der Waals surface area contributed by atoms with Crippen LogP contribution in [0.15, 0.2) is 44.2 Å². The van der Waals surface area contributed by atoms with Crippen molar-refractivity contribution in [3.05, 3.63) is 57.6 Å². The molecule has 2 aromatic rings. The minimum atomic E-state index is -4.94. The minimum absolute atomic E-state index is 0.